The quantitative estimate of drug-likeness (QED) is 0.00710. The van der Waals surface area contributed by atoms with Gasteiger partial charge in [0.05, 0.1) is 48.2 Å². The number of carbonyl (C=O) groups excluding carboxylic acids is 2. The van der Waals surface area contributed by atoms with Crippen LogP contribution in [0.5, 0.6) is 0 Å². The Morgan fingerprint density at radius 3 is 1.62 bits per heavy atom. The van der Waals surface area contributed by atoms with Crippen molar-refractivity contribution in [2.75, 3.05) is 33.1 Å². The molecule has 141 heavy (non-hydrogen) atoms. The fourth-order valence-electron chi connectivity index (χ4n) is 9.74. The van der Waals surface area contributed by atoms with E-state index < -0.39 is 132 Å². The molecule has 0 fully saturated rings. The molecule has 1 aliphatic carbocycles. The normalized spacial score (nSPS) is 10.3. The first-order valence-corrected chi connectivity index (χ1v) is 51.6. The fourth-order valence-corrected chi connectivity index (χ4v) is 11.3. The molecule has 0 saturated carbocycles. The number of nitrogen functional groups attached to an aromatic ring is 1. The van der Waals surface area contributed by atoms with Crippen LogP contribution in [0.4, 0.5) is 75.9 Å². The van der Waals surface area contributed by atoms with Crippen molar-refractivity contribution < 1.29 is 255 Å². The maximum Gasteiger partial charge on any atom is 1.00 e. The number of anilines is 1. The number of nitro groups is 2. The summed E-state index contributed by atoms with van der Waals surface area (Å²) in [5, 5.41) is 42.1. The largest absolute Gasteiger partial charge is 1.00 e. The molecule has 0 amide bonds. The van der Waals surface area contributed by atoms with Crippen LogP contribution in [0.25, 0.3) is 66.9 Å². The number of aldehydes is 1. The molecule has 1 aliphatic rings. The molecule has 0 bridgehead atoms. The van der Waals surface area contributed by atoms with Crippen LogP contribution in [0, 0.1) is 145 Å². The second-order valence-corrected chi connectivity index (χ2v) is 47.0. The van der Waals surface area contributed by atoms with Crippen molar-refractivity contribution in [1.82, 2.24) is 45.6 Å². The number of aromatic amines is 3. The zero-order valence-electron chi connectivity index (χ0n) is 80.0. The number of aromatic nitrogens is 8. The zero-order valence-corrected chi connectivity index (χ0v) is 95.3. The summed E-state index contributed by atoms with van der Waals surface area (Å²) in [6.07, 6.45) is 19.1. The number of hydrogen-bond acceptors (Lipinski definition) is 18. The number of fused-ring (bicyclic) bond motifs is 5. The Balaban J connectivity index is -0.000000361. The molecule has 0 spiro atoms. The maximum atomic E-state index is 13.2. The summed E-state index contributed by atoms with van der Waals surface area (Å²) < 4.78 is 220. The number of carboxylic acids is 1. The summed E-state index contributed by atoms with van der Waals surface area (Å²) in [6, 6.07) is 17.5. The first-order chi connectivity index (χ1) is 64.1. The second-order valence-electron chi connectivity index (χ2n) is 28.8. The first kappa shape index (κ1) is 140. The molecular formula is C88H91Br2Cl4F16K2N13NaO12PSi2. The molecule has 0 saturated heterocycles. The monoisotopic (exact) mass is 2310 g/mol. The van der Waals surface area contributed by atoms with E-state index in [9.17, 15) is 89.7 Å². The number of carbonyl (C=O) groups is 3. The van der Waals surface area contributed by atoms with E-state index >= 15 is 0 Å². The van der Waals surface area contributed by atoms with Crippen molar-refractivity contribution >= 4 is 178 Å². The van der Waals surface area contributed by atoms with Gasteiger partial charge in [0.25, 0.3) is 12.4 Å². The van der Waals surface area contributed by atoms with Crippen LogP contribution >= 0.6 is 82.4 Å². The molecule has 0 unspecified atom stereocenters. The third-order valence-corrected chi connectivity index (χ3v) is 19.0. The number of allylic oxidation sites excluding steroid dienone is 2. The summed E-state index contributed by atoms with van der Waals surface area (Å²) in [7, 11) is -2.72. The molecule has 0 aliphatic heterocycles. The van der Waals surface area contributed by atoms with E-state index in [1.165, 1.54) is 54.9 Å². The smallest absolute Gasteiger partial charge is 1.00 e. The minimum absolute atomic E-state index is 0. The molecule has 7 aromatic carbocycles. The number of terminal acetylenes is 1. The molecule has 0 radical (unpaired) electrons. The predicted molar refractivity (Wildman–Crippen MR) is 514 cm³/mol. The molecule has 53 heteroatoms. The van der Waals surface area contributed by atoms with Crippen molar-refractivity contribution in [3.63, 3.8) is 0 Å². The summed E-state index contributed by atoms with van der Waals surface area (Å²) >= 11 is 25.9. The van der Waals surface area contributed by atoms with Gasteiger partial charge in [0.1, 0.15) is 115 Å². The van der Waals surface area contributed by atoms with Crippen molar-refractivity contribution in [1.29, 1.82) is 0 Å². The van der Waals surface area contributed by atoms with Crippen LogP contribution in [0.2, 0.25) is 44.4 Å². The first-order valence-electron chi connectivity index (χ1n) is 38.9. The SMILES string of the molecule is C#C[Si](C)(C)C.CC(=O)O.CC(C)n1cnc2c(Cl)nc(-c3cncc(F)c3)nc21.CC[O-].C[N+](=O)[O-].Cc1c(F)cc(F)cc1Br.Cc1c(F)cc(F)cc1C#C[Si](C)(C)C.Fc1cc(F)c2[nH]ccc2c1.N.NCCc1c[nH]c2c(F)cc(F)cc12.Nc1c(F)cc(F)cc1Br.O=CC1=CCc2c(F)cc(F)cc21.O=CO[O-].O=P(Cl)(Cl)Cl.O=[N+]([O-])/C=C/c1c[nH]c2c(F)cc(F)cc12.[2H]CF.[H-].[K+].[K+].[Na+]. The van der Waals surface area contributed by atoms with E-state index in [-0.39, 0.29) is 185 Å². The molecule has 13 aromatic rings. The minimum atomic E-state index is -3.22. The Hall–Kier alpha value is -7.55. The van der Waals surface area contributed by atoms with Crippen LogP contribution in [0.1, 0.15) is 75.5 Å². The Bertz CT molecular complexity index is 6370. The number of carboxylic acid groups (broad SMARTS) is 1. The topological polar surface area (TPSA) is 421 Å². The molecule has 25 nitrogen and oxygen atoms in total. The number of aliphatic carboxylic acids is 1. The van der Waals surface area contributed by atoms with Gasteiger partial charge in [0.2, 0.25) is 6.20 Å². The standard InChI is InChI=1S/C13H11ClFN5.C12H14F2Si.C10H6F2N2O2.C10H10F2N2.C10H6F2O.C8H5F2N.C7H5BrF2.C6H4BrF2N.C5H10Si.C2H4O2.C2H5O.CH3F.CH3NO2.CH2O3.Cl3OP.2K.H3N.Na.H/c1-7(2)20-6-17-10-11(14)18-12(19-13(10)20)8-3-9(15)5-16-4-8;1-9-10(5-6-15(2,3)4)7-11(13)8-12(9)14;11-7-3-8-6(1-2-14(15)16)5-13-10(8)9(12)4-7;11-7-3-8-6(1-2-13)5-14-10(8)9(12)4-7;11-7-3-9-6(5-13)1-2-8(9)10(12)4-7;9-6-3-5-1-2-11-8(5)7(10)4-6;1-4-6(8)2-5(9)3-7(4)10;7-4-1-3(8)2-5(9)6(4)10;1-5-6(2,3)4;1-2(3)4;1-2-3;1-2;1-2(3)4;2-1-4-3;1-5(2,3)4;;;;;/h3-7H,1-2H3;7-8H,1-4H3;1-5,13H;3-5,14H,1-2,13H2;1,3-5H,2H2;1-4,11H;2-3H,1H3;1-2H,10H2;1H,2-4H3;1H3,(H,3,4);2H2,1H3;1H3;1H3;1,3H;;;;1H3;;/q;;;;;;;;;;-1;;;;;2*+1;;+1;-1/p-1/b;;2-1+;;;;;;;;;;;;;;;;;/i;;;;;;;;;;;1D;;;;;;;;. The van der Waals surface area contributed by atoms with E-state index in [0.29, 0.717) is 120 Å². The average molecular weight is 2320 g/mol. The third-order valence-electron chi connectivity index (χ3n) is 15.6. The van der Waals surface area contributed by atoms with E-state index in [4.69, 9.17) is 66.0 Å². The summed E-state index contributed by atoms with van der Waals surface area (Å²) in [4.78, 5) is 73.1. The number of hydrogen-bond donors (Lipinski definition) is 7. The molecule has 6 aromatic heterocycles. The molecule has 11 N–H and O–H groups in total. The van der Waals surface area contributed by atoms with E-state index in [1.807, 2.05) is 18.4 Å². The Labute approximate surface area is 947 Å². The maximum absolute atomic E-state index is 13.2. The van der Waals surface area contributed by atoms with Gasteiger partial charge in [-0.15, -0.1) is 24.1 Å². The van der Waals surface area contributed by atoms with E-state index in [1.54, 1.807) is 51.6 Å². The average Bonchev–Trinajstić information content (AvgIpc) is 1.65. The summed E-state index contributed by atoms with van der Waals surface area (Å²) in [5.41, 5.74) is 22.4. The van der Waals surface area contributed by atoms with Crippen LogP contribution in [-0.2, 0) is 36.7 Å². The zero-order chi connectivity index (χ0) is 106. The Morgan fingerprint density at radius 1 is 0.723 bits per heavy atom. The molecule has 14 rings (SSSR count). The Morgan fingerprint density at radius 2 is 1.16 bits per heavy atom. The molecular weight excluding hydrogens is 2220 g/mol. The van der Waals surface area contributed by atoms with Crippen LogP contribution in [0.15, 0.2) is 156 Å². The number of halogens is 22. The molecule has 750 valence electrons. The molecule has 0 atom stereocenters. The van der Waals surface area contributed by atoms with Gasteiger partial charge < -0.3 is 58.9 Å². The van der Waals surface area contributed by atoms with E-state index in [0.717, 1.165) is 80.3 Å². The number of benzene rings is 7. The van der Waals surface area contributed by atoms with Gasteiger partial charge in [0, 0.05) is 144 Å². The van der Waals surface area contributed by atoms with Gasteiger partial charge in [-0.05, 0) is 174 Å². The molecule has 6 heterocycles. The van der Waals surface area contributed by atoms with Gasteiger partial charge in [0.15, 0.2) is 23.7 Å². The van der Waals surface area contributed by atoms with Crippen LogP contribution in [-0.4, -0.2) is 117 Å². The van der Waals surface area contributed by atoms with Gasteiger partial charge in [-0.1, -0.05) is 85.7 Å². The number of H-pyrrole nitrogens is 3. The number of nitrogens with zero attached hydrogens (tertiary/aromatic N) is 7. The van der Waals surface area contributed by atoms with Gasteiger partial charge in [-0.2, -0.15) is 0 Å². The number of alkyl halides is 1. The van der Waals surface area contributed by atoms with Gasteiger partial charge >= 0.3 is 138 Å². The third kappa shape index (κ3) is 56.1. The second kappa shape index (κ2) is 71.9. The summed E-state index contributed by atoms with van der Waals surface area (Å²) in [5.74, 6) is -6.55. The minimum Gasteiger partial charge on any atom is -1.00 e. The number of nitrogens with one attached hydrogen (secondary N) is 3. The van der Waals surface area contributed by atoms with Crippen molar-refractivity contribution in [3.8, 4) is 34.8 Å². The van der Waals surface area contributed by atoms with Gasteiger partial charge in [-0.3, -0.25) is 48.6 Å². The fraction of sp³-hybridized carbons (Fsp3) is 0.216. The van der Waals surface area contributed by atoms with Gasteiger partial charge in [-0.25, -0.2) is 80.8 Å². The Kier molecular flexibility index (Phi) is 71.2. The van der Waals surface area contributed by atoms with Crippen molar-refractivity contribution in [3.05, 3.63) is 307 Å². The van der Waals surface area contributed by atoms with Crippen molar-refractivity contribution in [2.24, 2.45) is 5.73 Å². The number of imidazole rings is 1. The van der Waals surface area contributed by atoms with Crippen LogP contribution < -0.4 is 160 Å². The number of rotatable bonds is 8. The van der Waals surface area contributed by atoms with Crippen LogP contribution in [0.3, 0.4) is 0 Å². The predicted octanol–water partition coefficient (Wildman–Crippen LogP) is 15.3. The number of pyridine rings is 1. The van der Waals surface area contributed by atoms with Crippen molar-refractivity contribution in [2.45, 2.75) is 99.7 Å². The number of nitrogens with two attached hydrogens (primary N) is 2. The van der Waals surface area contributed by atoms with E-state index in [2.05, 4.69) is 162 Å². The summed E-state index contributed by atoms with van der Waals surface area (Å²) in [6.45, 7) is 22.9.